The molecule has 6 heteroatoms. The van der Waals surface area contributed by atoms with Crippen LogP contribution in [-0.2, 0) is 9.47 Å². The third-order valence-corrected chi connectivity index (χ3v) is 12.9. The molecule has 5 aliphatic rings. The first-order valence-electron chi connectivity index (χ1n) is 16.8. The van der Waals surface area contributed by atoms with Crippen molar-refractivity contribution < 1.29 is 29.9 Å². The Morgan fingerprint density at radius 3 is 2.41 bits per heavy atom. The number of aliphatic hydroxyl groups excluding tert-OH is 4. The highest BCUT2D eigenvalue weighted by molar-refractivity contribution is 5.25. The van der Waals surface area contributed by atoms with Crippen LogP contribution in [0.1, 0.15) is 99.3 Å². The minimum Gasteiger partial charge on any atom is -0.394 e. The maximum atomic E-state index is 10.5. The predicted molar refractivity (Wildman–Crippen MR) is 161 cm³/mol. The molecule has 234 valence electrons. The van der Waals surface area contributed by atoms with Crippen LogP contribution in [0.2, 0.25) is 0 Å². The van der Waals surface area contributed by atoms with E-state index in [0.29, 0.717) is 29.1 Å². The second-order valence-electron chi connectivity index (χ2n) is 15.2. The van der Waals surface area contributed by atoms with E-state index in [1.54, 1.807) is 0 Å². The molecule has 4 aliphatic carbocycles. The van der Waals surface area contributed by atoms with Crippen molar-refractivity contribution in [1.82, 2.24) is 0 Å². The number of ether oxygens (including phenoxy) is 2. The molecular weight excluding hydrogens is 516 g/mol. The Bertz CT molecular complexity index is 960. The molecule has 1 saturated heterocycles. The van der Waals surface area contributed by atoms with Crippen LogP contribution in [0.5, 0.6) is 0 Å². The summed E-state index contributed by atoms with van der Waals surface area (Å²) in [6.07, 6.45) is 11.9. The number of rotatable bonds is 8. The standard InChI is InChI=1S/C35H58O6/c1-7-22(20(2)3)9-8-21(4)26-12-13-27-25-11-10-23-18-24(14-16-34(23,5)28(25)15-17-35(26,27)6)40-33-32(39)31(38)30(37)29(19-36)41-33/h8-10,20-22,24-33,36-39H,7,11-19H2,1-6H3/t21-,22+,24+,25+,26-,27+,28+,29-,30-,31+,32-,33-,34+,35-/m1/s1. The lowest BCUT2D eigenvalue weighted by atomic mass is 9.47. The molecule has 1 heterocycles. The maximum absolute atomic E-state index is 10.5. The molecule has 0 amide bonds. The van der Waals surface area contributed by atoms with Crippen LogP contribution in [0.25, 0.3) is 0 Å². The molecule has 3 saturated carbocycles. The second-order valence-corrected chi connectivity index (χ2v) is 15.2. The average Bonchev–Trinajstić information content (AvgIpc) is 3.30. The van der Waals surface area contributed by atoms with Crippen LogP contribution < -0.4 is 0 Å². The zero-order valence-electron chi connectivity index (χ0n) is 26.4. The van der Waals surface area contributed by atoms with E-state index in [9.17, 15) is 20.4 Å². The largest absolute Gasteiger partial charge is 0.394 e. The number of hydrogen-bond donors (Lipinski definition) is 4. The van der Waals surface area contributed by atoms with E-state index in [1.807, 2.05) is 0 Å². The highest BCUT2D eigenvalue weighted by atomic mass is 16.7. The summed E-state index contributed by atoms with van der Waals surface area (Å²) in [6, 6.07) is 0. The Morgan fingerprint density at radius 1 is 0.976 bits per heavy atom. The van der Waals surface area contributed by atoms with E-state index in [0.717, 1.165) is 43.4 Å². The van der Waals surface area contributed by atoms with Gasteiger partial charge in [0.2, 0.25) is 0 Å². The van der Waals surface area contributed by atoms with E-state index in [-0.39, 0.29) is 11.5 Å². The van der Waals surface area contributed by atoms with Crippen molar-refractivity contribution in [1.29, 1.82) is 0 Å². The fraction of sp³-hybridized carbons (Fsp3) is 0.886. The summed E-state index contributed by atoms with van der Waals surface area (Å²) in [5.74, 6) is 5.05. The van der Waals surface area contributed by atoms with E-state index < -0.39 is 37.3 Å². The number of allylic oxidation sites excluding steroid dienone is 3. The number of hydrogen-bond acceptors (Lipinski definition) is 6. The van der Waals surface area contributed by atoms with Crippen LogP contribution in [0.4, 0.5) is 0 Å². The van der Waals surface area contributed by atoms with Crippen molar-refractivity contribution in [3.8, 4) is 0 Å². The molecular formula is C35H58O6. The van der Waals surface area contributed by atoms with Gasteiger partial charge in [0.15, 0.2) is 6.29 Å². The summed E-state index contributed by atoms with van der Waals surface area (Å²) in [4.78, 5) is 0. The minimum absolute atomic E-state index is 0.109. The minimum atomic E-state index is -1.40. The van der Waals surface area contributed by atoms with Gasteiger partial charge in [-0.1, -0.05) is 65.3 Å². The normalized spacial score (nSPS) is 47.9. The predicted octanol–water partition coefficient (Wildman–Crippen LogP) is 5.63. The third kappa shape index (κ3) is 5.64. The van der Waals surface area contributed by atoms with Crippen LogP contribution in [-0.4, -0.2) is 63.8 Å². The summed E-state index contributed by atoms with van der Waals surface area (Å²) < 4.78 is 11.9. The second kappa shape index (κ2) is 12.3. The topological polar surface area (TPSA) is 99.4 Å². The van der Waals surface area contributed by atoms with Crippen LogP contribution in [0.3, 0.4) is 0 Å². The molecule has 14 atom stereocenters. The van der Waals surface area contributed by atoms with Crippen molar-refractivity contribution >= 4 is 0 Å². The van der Waals surface area contributed by atoms with Gasteiger partial charge in [-0.15, -0.1) is 0 Å². The van der Waals surface area contributed by atoms with Gasteiger partial charge in [0.25, 0.3) is 0 Å². The van der Waals surface area contributed by atoms with Gasteiger partial charge in [0.05, 0.1) is 12.7 Å². The van der Waals surface area contributed by atoms with Crippen LogP contribution in [0.15, 0.2) is 23.8 Å². The highest BCUT2D eigenvalue weighted by Gasteiger charge is 2.59. The Kier molecular flexibility index (Phi) is 9.51. The quantitative estimate of drug-likeness (QED) is 0.281. The van der Waals surface area contributed by atoms with E-state index in [1.165, 1.54) is 37.7 Å². The summed E-state index contributed by atoms with van der Waals surface area (Å²) in [7, 11) is 0. The summed E-state index contributed by atoms with van der Waals surface area (Å²) in [5, 5.41) is 40.4. The van der Waals surface area contributed by atoms with Crippen molar-refractivity contribution in [3.63, 3.8) is 0 Å². The first kappa shape index (κ1) is 31.7. The lowest BCUT2D eigenvalue weighted by Crippen LogP contribution is -2.60. The molecule has 0 bridgehead atoms. The molecule has 4 N–H and O–H groups in total. The van der Waals surface area contributed by atoms with E-state index in [2.05, 4.69) is 59.8 Å². The van der Waals surface area contributed by atoms with Gasteiger partial charge in [-0.3, -0.25) is 0 Å². The number of fused-ring (bicyclic) bond motifs is 5. The van der Waals surface area contributed by atoms with E-state index >= 15 is 0 Å². The molecule has 41 heavy (non-hydrogen) atoms. The van der Waals surface area contributed by atoms with Gasteiger partial charge in [-0.2, -0.15) is 0 Å². The zero-order chi connectivity index (χ0) is 29.7. The molecule has 0 radical (unpaired) electrons. The first-order valence-corrected chi connectivity index (χ1v) is 16.8. The van der Waals surface area contributed by atoms with Crippen LogP contribution in [0, 0.1) is 52.3 Å². The van der Waals surface area contributed by atoms with Gasteiger partial charge in [-0.05, 0) is 110 Å². The number of aliphatic hydroxyl groups is 4. The Hall–Kier alpha value is -0.760. The molecule has 5 rings (SSSR count). The first-order chi connectivity index (χ1) is 19.4. The molecule has 0 spiro atoms. The highest BCUT2D eigenvalue weighted by Crippen LogP contribution is 2.67. The monoisotopic (exact) mass is 574 g/mol. The van der Waals surface area contributed by atoms with Crippen LogP contribution >= 0.6 is 0 Å². The van der Waals surface area contributed by atoms with Crippen molar-refractivity contribution in [2.24, 2.45) is 52.3 Å². The van der Waals surface area contributed by atoms with Gasteiger partial charge in [0.1, 0.15) is 24.4 Å². The van der Waals surface area contributed by atoms with Gasteiger partial charge in [0, 0.05) is 0 Å². The summed E-state index contributed by atoms with van der Waals surface area (Å²) >= 11 is 0. The smallest absolute Gasteiger partial charge is 0.186 e. The molecule has 1 aliphatic heterocycles. The van der Waals surface area contributed by atoms with Crippen molar-refractivity contribution in [2.45, 2.75) is 136 Å². The lowest BCUT2D eigenvalue weighted by Gasteiger charge is -2.58. The Labute approximate surface area is 248 Å². The average molecular weight is 575 g/mol. The maximum Gasteiger partial charge on any atom is 0.186 e. The van der Waals surface area contributed by atoms with E-state index in [4.69, 9.17) is 9.47 Å². The van der Waals surface area contributed by atoms with Gasteiger partial charge in [-0.25, -0.2) is 0 Å². The van der Waals surface area contributed by atoms with Gasteiger partial charge < -0.3 is 29.9 Å². The Morgan fingerprint density at radius 2 is 1.73 bits per heavy atom. The Balaban J connectivity index is 1.26. The molecule has 6 nitrogen and oxygen atoms in total. The van der Waals surface area contributed by atoms with Gasteiger partial charge >= 0.3 is 0 Å². The SMILES string of the molecule is CC[C@@H](C=C[C@@H](C)[C@H]1CC[C@H]2[C@@H]3CC=C4C[C@@H](O[C@@H]5O[C@H](CO)[C@@H](O)[C@H](O)[C@H]5O)CC[C@]4(C)[C@H]3CC[C@]12C)C(C)C. The summed E-state index contributed by atoms with van der Waals surface area (Å²) in [5.41, 5.74) is 2.11. The fourth-order valence-electron chi connectivity index (χ4n) is 10.3. The zero-order valence-corrected chi connectivity index (χ0v) is 26.4. The molecule has 0 aromatic carbocycles. The molecule has 0 aromatic heterocycles. The third-order valence-electron chi connectivity index (χ3n) is 12.9. The lowest BCUT2D eigenvalue weighted by molar-refractivity contribution is -0.313. The molecule has 4 fully saturated rings. The molecule has 0 aromatic rings. The van der Waals surface area contributed by atoms with Crippen molar-refractivity contribution in [2.75, 3.05) is 6.61 Å². The molecule has 0 unspecified atom stereocenters. The summed E-state index contributed by atoms with van der Waals surface area (Å²) in [6.45, 7) is 14.2. The van der Waals surface area contributed by atoms with Crippen molar-refractivity contribution in [3.05, 3.63) is 23.8 Å². The fourth-order valence-corrected chi connectivity index (χ4v) is 10.3.